The lowest BCUT2D eigenvalue weighted by atomic mass is 10.1. The van der Waals surface area contributed by atoms with Gasteiger partial charge in [0.2, 0.25) is 0 Å². The van der Waals surface area contributed by atoms with Crippen LogP contribution in [0.2, 0.25) is 0 Å². The van der Waals surface area contributed by atoms with Gasteiger partial charge >= 0.3 is 0 Å². The summed E-state index contributed by atoms with van der Waals surface area (Å²) in [6.45, 7) is -0.515. The summed E-state index contributed by atoms with van der Waals surface area (Å²) in [5, 5.41) is 51.0. The van der Waals surface area contributed by atoms with Crippen LogP contribution in [0.5, 0.6) is 0 Å². The van der Waals surface area contributed by atoms with Crippen LogP contribution < -0.4 is 0 Å². The Morgan fingerprint density at radius 3 is 2.32 bits per heavy atom. The monoisotopic (exact) mass is 317 g/mol. The van der Waals surface area contributed by atoms with Gasteiger partial charge in [0.1, 0.15) is 30.5 Å². The first-order valence-corrected chi connectivity index (χ1v) is 7.13. The minimum absolute atomic E-state index is 0.153. The SMILES string of the molecule is O[13CH2][13C@H]1O[13C@@H](/C(CCc2ccccc2)=N\O)[13C@H](O)[13C@@H](O)[13C@@H]1O. The number of aliphatic hydroxyl groups is 4. The number of hydrogen-bond acceptors (Lipinski definition) is 7. The highest BCUT2D eigenvalue weighted by Crippen LogP contribution is 2.23. The molecule has 0 amide bonds. The van der Waals surface area contributed by atoms with Crippen molar-refractivity contribution < 1.29 is 30.4 Å². The Hall–Kier alpha value is -1.51. The third-order valence-electron chi connectivity index (χ3n) is 3.86. The number of oxime groups is 1. The summed E-state index contributed by atoms with van der Waals surface area (Å²) in [5.41, 5.74) is 1.17. The maximum atomic E-state index is 10.0. The average Bonchev–Trinajstić information content (AvgIpc) is 2.56. The molecule has 0 spiro atoms. The number of rotatable bonds is 5. The van der Waals surface area contributed by atoms with Gasteiger partial charge in [-0.15, -0.1) is 0 Å². The molecule has 22 heavy (non-hydrogen) atoms. The zero-order valence-corrected chi connectivity index (χ0v) is 12.0. The quantitative estimate of drug-likeness (QED) is 0.212. The average molecular weight is 317 g/mol. The highest BCUT2D eigenvalue weighted by atomic mass is 16.7. The first-order valence-electron chi connectivity index (χ1n) is 7.13. The van der Waals surface area contributed by atoms with Gasteiger partial charge in [0.05, 0.1) is 12.3 Å². The maximum Gasteiger partial charge on any atom is 0.128 e. The van der Waals surface area contributed by atoms with Crippen molar-refractivity contribution in [2.75, 3.05) is 6.61 Å². The van der Waals surface area contributed by atoms with E-state index in [0.717, 1.165) is 5.56 Å². The summed E-state index contributed by atoms with van der Waals surface area (Å²) in [6.07, 6.45) is -5.56. The molecule has 5 atom stereocenters. The lowest BCUT2D eigenvalue weighted by Gasteiger charge is -2.40. The lowest BCUT2D eigenvalue weighted by Crippen LogP contribution is -2.60. The number of nitrogens with zero attached hydrogens (tertiary/aromatic N) is 1. The van der Waals surface area contributed by atoms with E-state index in [1.807, 2.05) is 30.3 Å². The van der Waals surface area contributed by atoms with Crippen LogP contribution in [-0.2, 0) is 11.2 Å². The molecule has 5 N–H and O–H groups in total. The molecule has 1 saturated heterocycles. The fraction of sp³-hybridized carbons (Fsp3) is 0.533. The lowest BCUT2D eigenvalue weighted by molar-refractivity contribution is -0.212. The van der Waals surface area contributed by atoms with Crippen LogP contribution in [0.4, 0.5) is 0 Å². The van der Waals surface area contributed by atoms with E-state index in [4.69, 9.17) is 9.84 Å². The molecule has 1 aliphatic heterocycles. The van der Waals surface area contributed by atoms with Gasteiger partial charge in [0.15, 0.2) is 0 Å². The van der Waals surface area contributed by atoms with Gasteiger partial charge in [-0.25, -0.2) is 0 Å². The van der Waals surface area contributed by atoms with E-state index in [-0.39, 0.29) is 5.71 Å². The van der Waals surface area contributed by atoms with Crippen molar-refractivity contribution in [2.45, 2.75) is 43.4 Å². The molecule has 1 aromatic rings. The van der Waals surface area contributed by atoms with Crippen LogP contribution in [0.15, 0.2) is 35.5 Å². The summed E-state index contributed by atoms with van der Waals surface area (Å²) in [5.74, 6) is 0. The van der Waals surface area contributed by atoms with Gasteiger partial charge in [0.25, 0.3) is 0 Å². The Kier molecular flexibility index (Phi) is 5.87. The Morgan fingerprint density at radius 1 is 1.05 bits per heavy atom. The second-order valence-electron chi connectivity index (χ2n) is 5.33. The van der Waals surface area contributed by atoms with Gasteiger partial charge in [-0.3, -0.25) is 0 Å². The van der Waals surface area contributed by atoms with Crippen LogP contribution in [0.25, 0.3) is 0 Å². The van der Waals surface area contributed by atoms with Gasteiger partial charge in [-0.1, -0.05) is 35.5 Å². The minimum Gasteiger partial charge on any atom is -0.411 e. The second-order valence-corrected chi connectivity index (χ2v) is 5.33. The molecule has 2 rings (SSSR count). The molecule has 1 fully saturated rings. The number of hydrogen-bond donors (Lipinski definition) is 5. The molecule has 7 heteroatoms. The predicted octanol–water partition coefficient (Wildman–Crippen LogP) is -0.708. The van der Waals surface area contributed by atoms with E-state index >= 15 is 0 Å². The molecular formula is C15H21NO6. The van der Waals surface area contributed by atoms with Crippen LogP contribution >= 0.6 is 0 Å². The molecule has 0 aromatic heterocycles. The third-order valence-corrected chi connectivity index (χ3v) is 3.86. The molecule has 0 unspecified atom stereocenters. The zero-order valence-electron chi connectivity index (χ0n) is 12.0. The number of aryl methyl sites for hydroxylation is 1. The Morgan fingerprint density at radius 2 is 1.73 bits per heavy atom. The van der Waals surface area contributed by atoms with Crippen LogP contribution in [0.3, 0.4) is 0 Å². The maximum absolute atomic E-state index is 10.0. The topological polar surface area (TPSA) is 123 Å². The fourth-order valence-electron chi connectivity index (χ4n) is 2.54. The van der Waals surface area contributed by atoms with Crippen molar-refractivity contribution >= 4 is 5.71 Å². The van der Waals surface area contributed by atoms with E-state index < -0.39 is 37.1 Å². The van der Waals surface area contributed by atoms with Crippen molar-refractivity contribution in [1.82, 2.24) is 0 Å². The summed E-state index contributed by atoms with van der Waals surface area (Å²) >= 11 is 0. The van der Waals surface area contributed by atoms with Crippen molar-refractivity contribution in [2.24, 2.45) is 5.16 Å². The molecule has 1 heterocycles. The summed E-state index contributed by atoms with van der Waals surface area (Å²) in [6, 6.07) is 9.50. The van der Waals surface area contributed by atoms with Crippen LogP contribution in [0, 0.1) is 0 Å². The smallest absolute Gasteiger partial charge is 0.128 e. The molecule has 0 aliphatic carbocycles. The summed E-state index contributed by atoms with van der Waals surface area (Å²) in [4.78, 5) is 0. The third kappa shape index (κ3) is 3.63. The first kappa shape index (κ1) is 16.9. The fourth-order valence-corrected chi connectivity index (χ4v) is 2.54. The Labute approximate surface area is 128 Å². The van der Waals surface area contributed by atoms with Gasteiger partial charge < -0.3 is 30.4 Å². The normalized spacial score (nSPS) is 32.9. The predicted molar refractivity (Wildman–Crippen MR) is 77.8 cm³/mol. The van der Waals surface area contributed by atoms with E-state index in [1.54, 1.807) is 0 Å². The molecule has 122 valence electrons. The number of ether oxygens (including phenoxy) is 1. The summed E-state index contributed by atoms with van der Waals surface area (Å²) in [7, 11) is 0. The van der Waals surface area contributed by atoms with Crippen LogP contribution in [0.1, 0.15) is 12.0 Å². The van der Waals surface area contributed by atoms with Crippen molar-refractivity contribution in [3.05, 3.63) is 35.9 Å². The number of benzene rings is 1. The van der Waals surface area contributed by atoms with Gasteiger partial charge in [-0.2, -0.15) is 0 Å². The molecule has 1 aromatic carbocycles. The largest absolute Gasteiger partial charge is 0.411 e. The second kappa shape index (κ2) is 7.66. The molecule has 0 radical (unpaired) electrons. The Balaban J connectivity index is 2.06. The van der Waals surface area contributed by atoms with Crippen LogP contribution in [-0.4, -0.2) is 68.5 Å². The van der Waals surface area contributed by atoms with Crippen molar-refractivity contribution in [3.8, 4) is 0 Å². The molecule has 7 nitrogen and oxygen atoms in total. The van der Waals surface area contributed by atoms with Gasteiger partial charge in [0, 0.05) is 0 Å². The Bertz CT molecular complexity index is 492. The first-order chi connectivity index (χ1) is 10.6. The van der Waals surface area contributed by atoms with E-state index in [2.05, 4.69) is 5.16 Å². The van der Waals surface area contributed by atoms with Crippen molar-refractivity contribution in [3.63, 3.8) is 0 Å². The van der Waals surface area contributed by atoms with Crippen molar-refractivity contribution in [1.29, 1.82) is 0 Å². The van der Waals surface area contributed by atoms with E-state index in [0.29, 0.717) is 12.8 Å². The molecule has 0 bridgehead atoms. The molecular weight excluding hydrogens is 296 g/mol. The standard InChI is InChI=1S/C15H21NO6/c17-8-11-12(18)13(19)14(20)15(22-11)10(16-21)7-6-9-4-2-1-3-5-9/h1-5,11-15,17-21H,6-8H2/b16-10-/t11-,12-,13+,14-,15+/m1/s1/i8+1,11+1,12+1,13+1,14+1,15+1. The zero-order chi connectivity index (χ0) is 16.1. The molecule has 0 saturated carbocycles. The van der Waals surface area contributed by atoms with E-state index in [9.17, 15) is 20.5 Å². The minimum atomic E-state index is -1.48. The summed E-state index contributed by atoms with van der Waals surface area (Å²) < 4.78 is 5.37. The highest BCUT2D eigenvalue weighted by Gasteiger charge is 2.45. The molecule has 1 aliphatic rings. The number of aliphatic hydroxyl groups excluding tert-OH is 4. The van der Waals surface area contributed by atoms with E-state index in [1.165, 1.54) is 0 Å². The van der Waals surface area contributed by atoms with Gasteiger partial charge in [-0.05, 0) is 18.4 Å². The highest BCUT2D eigenvalue weighted by molar-refractivity contribution is 5.89.